The van der Waals surface area contributed by atoms with Crippen LogP contribution in [0.3, 0.4) is 0 Å². The molecule has 0 saturated heterocycles. The molecule has 2 aromatic rings. The van der Waals surface area contributed by atoms with Gasteiger partial charge in [-0.3, -0.25) is 4.79 Å². The van der Waals surface area contributed by atoms with Crippen LogP contribution in [0.2, 0.25) is 0 Å². The highest BCUT2D eigenvalue weighted by Crippen LogP contribution is 2.07. The number of rotatable bonds is 6. The number of amides is 1. The van der Waals surface area contributed by atoms with Gasteiger partial charge in [0.2, 0.25) is 0 Å². The lowest BCUT2D eigenvalue weighted by Gasteiger charge is -2.05. The van der Waals surface area contributed by atoms with Crippen LogP contribution in [0, 0.1) is 6.92 Å². The minimum atomic E-state index is -0.394. The first-order valence-corrected chi connectivity index (χ1v) is 7.39. The summed E-state index contributed by atoms with van der Waals surface area (Å²) in [5.41, 5.74) is 5.69. The highest BCUT2D eigenvalue weighted by Gasteiger charge is 2.03. The third-order valence-corrected chi connectivity index (χ3v) is 3.24. The summed E-state index contributed by atoms with van der Waals surface area (Å²) < 4.78 is 4.62. The second kappa shape index (κ2) is 8.47. The highest BCUT2D eigenvalue weighted by molar-refractivity contribution is 5.91. The Morgan fingerprint density at radius 3 is 2.38 bits per heavy atom. The molecule has 2 N–H and O–H groups in total. The van der Waals surface area contributed by atoms with Crippen LogP contribution >= 0.6 is 0 Å². The van der Waals surface area contributed by atoms with E-state index in [1.54, 1.807) is 24.3 Å². The Balaban J connectivity index is 1.79. The molecule has 0 aliphatic rings. The van der Waals surface area contributed by atoms with Crippen molar-refractivity contribution in [3.8, 4) is 0 Å². The molecule has 0 unspecified atom stereocenters. The van der Waals surface area contributed by atoms with Crippen molar-refractivity contribution in [2.45, 2.75) is 6.92 Å². The van der Waals surface area contributed by atoms with Crippen LogP contribution < -0.4 is 10.7 Å². The van der Waals surface area contributed by atoms with E-state index in [1.165, 1.54) is 13.3 Å². The molecule has 2 aromatic carbocycles. The summed E-state index contributed by atoms with van der Waals surface area (Å²) in [6.07, 6.45) is 1.50. The Morgan fingerprint density at radius 1 is 1.08 bits per heavy atom. The molecule has 0 bridgehead atoms. The number of aryl methyl sites for hydroxylation is 1. The molecule has 0 heterocycles. The third-order valence-electron chi connectivity index (χ3n) is 3.24. The van der Waals surface area contributed by atoms with Crippen molar-refractivity contribution in [2.75, 3.05) is 19.0 Å². The molecule has 0 radical (unpaired) electrons. The number of nitrogens with zero attached hydrogens (tertiary/aromatic N) is 1. The molecule has 6 heteroatoms. The van der Waals surface area contributed by atoms with Crippen molar-refractivity contribution in [1.82, 2.24) is 5.43 Å². The van der Waals surface area contributed by atoms with Crippen molar-refractivity contribution in [3.63, 3.8) is 0 Å². The van der Waals surface area contributed by atoms with Crippen molar-refractivity contribution in [3.05, 3.63) is 65.2 Å². The summed E-state index contributed by atoms with van der Waals surface area (Å²) in [6.45, 7) is 2.13. The number of hydrogen-bond acceptors (Lipinski definition) is 5. The number of benzene rings is 2. The van der Waals surface area contributed by atoms with E-state index in [2.05, 4.69) is 20.6 Å². The predicted octanol–water partition coefficient (Wildman–Crippen LogP) is 2.34. The normalized spacial score (nSPS) is 10.4. The van der Waals surface area contributed by atoms with Gasteiger partial charge in [0.1, 0.15) is 0 Å². The van der Waals surface area contributed by atoms with Crippen LogP contribution in [0.1, 0.15) is 21.5 Å². The van der Waals surface area contributed by atoms with Crippen LogP contribution in [-0.4, -0.2) is 31.7 Å². The van der Waals surface area contributed by atoms with Gasteiger partial charge in [-0.1, -0.05) is 29.8 Å². The van der Waals surface area contributed by atoms with E-state index >= 15 is 0 Å². The van der Waals surface area contributed by atoms with Crippen LogP contribution in [0.25, 0.3) is 0 Å². The van der Waals surface area contributed by atoms with Crippen molar-refractivity contribution < 1.29 is 14.3 Å². The number of anilines is 1. The van der Waals surface area contributed by atoms with Gasteiger partial charge in [0, 0.05) is 5.69 Å². The predicted molar refractivity (Wildman–Crippen MR) is 93.2 cm³/mol. The molecule has 6 nitrogen and oxygen atoms in total. The first-order valence-electron chi connectivity index (χ1n) is 7.39. The minimum Gasteiger partial charge on any atom is -0.465 e. The quantitative estimate of drug-likeness (QED) is 0.485. The van der Waals surface area contributed by atoms with E-state index in [1.807, 2.05) is 31.2 Å². The van der Waals surface area contributed by atoms with E-state index < -0.39 is 5.97 Å². The van der Waals surface area contributed by atoms with Crippen LogP contribution in [0.4, 0.5) is 5.69 Å². The fourth-order valence-electron chi connectivity index (χ4n) is 1.90. The van der Waals surface area contributed by atoms with Gasteiger partial charge in [-0.25, -0.2) is 10.2 Å². The number of hydrazone groups is 1. The van der Waals surface area contributed by atoms with Gasteiger partial charge in [0.05, 0.1) is 25.4 Å². The van der Waals surface area contributed by atoms with E-state index in [0.29, 0.717) is 5.56 Å². The Bertz CT molecular complexity index is 722. The van der Waals surface area contributed by atoms with Gasteiger partial charge in [-0.05, 0) is 36.8 Å². The van der Waals surface area contributed by atoms with Crippen LogP contribution in [0.15, 0.2) is 53.6 Å². The number of ether oxygens (including phenoxy) is 1. The fraction of sp³-hybridized carbons (Fsp3) is 0.167. The van der Waals surface area contributed by atoms with Crippen molar-refractivity contribution in [2.24, 2.45) is 5.10 Å². The Morgan fingerprint density at radius 2 is 1.75 bits per heavy atom. The van der Waals surface area contributed by atoms with Crippen molar-refractivity contribution in [1.29, 1.82) is 0 Å². The zero-order valence-corrected chi connectivity index (χ0v) is 13.6. The lowest BCUT2D eigenvalue weighted by Crippen LogP contribution is -2.25. The number of nitrogens with one attached hydrogen (secondary N) is 2. The second-order valence-electron chi connectivity index (χ2n) is 5.13. The number of methoxy groups -OCH3 is 1. The summed E-state index contributed by atoms with van der Waals surface area (Å²) >= 11 is 0. The van der Waals surface area contributed by atoms with E-state index in [4.69, 9.17) is 0 Å². The molecule has 124 valence electrons. The minimum absolute atomic E-state index is 0.127. The Kier molecular flexibility index (Phi) is 6.08. The molecule has 0 fully saturated rings. The average Bonchev–Trinajstić information content (AvgIpc) is 2.61. The lowest BCUT2D eigenvalue weighted by atomic mass is 10.1. The fourth-order valence-corrected chi connectivity index (χ4v) is 1.90. The van der Waals surface area contributed by atoms with Crippen molar-refractivity contribution >= 4 is 23.8 Å². The van der Waals surface area contributed by atoms with Gasteiger partial charge in [-0.2, -0.15) is 5.10 Å². The van der Waals surface area contributed by atoms with Gasteiger partial charge in [0.15, 0.2) is 0 Å². The third kappa shape index (κ3) is 5.24. The maximum absolute atomic E-state index is 11.7. The molecule has 0 aromatic heterocycles. The molecular formula is C18H19N3O3. The molecule has 0 aliphatic heterocycles. The van der Waals surface area contributed by atoms with Crippen LogP contribution in [0.5, 0.6) is 0 Å². The Labute approximate surface area is 140 Å². The molecule has 0 spiro atoms. The number of hydrogen-bond donors (Lipinski definition) is 2. The molecule has 0 saturated carbocycles. The lowest BCUT2D eigenvalue weighted by molar-refractivity contribution is -0.119. The maximum atomic E-state index is 11.7. The summed E-state index contributed by atoms with van der Waals surface area (Å²) in [5, 5.41) is 6.89. The van der Waals surface area contributed by atoms with E-state index in [-0.39, 0.29) is 12.5 Å². The first-order chi connectivity index (χ1) is 11.6. The summed E-state index contributed by atoms with van der Waals surface area (Å²) in [5.74, 6) is -0.646. The van der Waals surface area contributed by atoms with E-state index in [9.17, 15) is 9.59 Å². The zero-order chi connectivity index (χ0) is 17.4. The first kappa shape index (κ1) is 17.2. The number of esters is 1. The smallest absolute Gasteiger partial charge is 0.337 e. The molecule has 2 rings (SSSR count). The van der Waals surface area contributed by atoms with Gasteiger partial charge in [0.25, 0.3) is 5.91 Å². The van der Waals surface area contributed by atoms with Gasteiger partial charge < -0.3 is 10.1 Å². The van der Waals surface area contributed by atoms with Crippen LogP contribution in [-0.2, 0) is 9.53 Å². The van der Waals surface area contributed by atoms with E-state index in [0.717, 1.165) is 16.8 Å². The second-order valence-corrected chi connectivity index (χ2v) is 5.13. The molecule has 0 atom stereocenters. The average molecular weight is 325 g/mol. The molecular weight excluding hydrogens is 306 g/mol. The molecule has 24 heavy (non-hydrogen) atoms. The molecule has 0 aliphatic carbocycles. The highest BCUT2D eigenvalue weighted by atomic mass is 16.5. The standard InChI is InChI=1S/C18H19N3O3/c1-13-3-9-16(10-4-13)19-12-17(22)21-20-11-14-5-7-15(8-6-14)18(23)24-2/h3-11,19H,12H2,1-2H3,(H,21,22). The largest absolute Gasteiger partial charge is 0.465 e. The summed E-state index contributed by atoms with van der Waals surface area (Å²) in [4.78, 5) is 23.0. The SMILES string of the molecule is COC(=O)c1ccc(C=NNC(=O)CNc2ccc(C)cc2)cc1. The Hall–Kier alpha value is -3.15. The monoisotopic (exact) mass is 325 g/mol. The summed E-state index contributed by atoms with van der Waals surface area (Å²) in [6, 6.07) is 14.5. The maximum Gasteiger partial charge on any atom is 0.337 e. The van der Waals surface area contributed by atoms with Gasteiger partial charge in [-0.15, -0.1) is 0 Å². The zero-order valence-electron chi connectivity index (χ0n) is 13.6. The topological polar surface area (TPSA) is 79.8 Å². The number of carbonyl (C=O) groups is 2. The summed E-state index contributed by atoms with van der Waals surface area (Å²) in [7, 11) is 1.33. The number of carbonyl (C=O) groups excluding carboxylic acids is 2. The van der Waals surface area contributed by atoms with Gasteiger partial charge >= 0.3 is 5.97 Å². The molecule has 1 amide bonds.